The number of piperidine rings is 2. The van der Waals surface area contributed by atoms with E-state index in [1.165, 1.54) is 70.9 Å². The van der Waals surface area contributed by atoms with E-state index in [0.29, 0.717) is 0 Å². The van der Waals surface area contributed by atoms with E-state index >= 15 is 0 Å². The first-order chi connectivity index (χ1) is 10.1. The number of hydrogen-bond acceptors (Lipinski definition) is 2. The van der Waals surface area contributed by atoms with E-state index < -0.39 is 0 Å². The zero-order valence-electron chi connectivity index (χ0n) is 15.0. The van der Waals surface area contributed by atoms with Crippen LogP contribution in [0.1, 0.15) is 85.5 Å². The molecule has 0 aromatic rings. The molecule has 0 saturated carbocycles. The summed E-state index contributed by atoms with van der Waals surface area (Å²) in [6.45, 7) is 12.3. The largest absolute Gasteiger partial charge is 0.298 e. The minimum absolute atomic E-state index is 0.816. The molecule has 2 heteroatoms. The Morgan fingerprint density at radius 1 is 0.571 bits per heavy atom. The maximum Gasteiger partial charge on any atom is 0.00697 e. The molecule has 0 aromatic carbocycles. The van der Waals surface area contributed by atoms with Crippen LogP contribution < -0.4 is 0 Å². The summed E-state index contributed by atoms with van der Waals surface area (Å²) in [6, 6.07) is 3.26. The summed E-state index contributed by atoms with van der Waals surface area (Å²) in [5.74, 6) is 0. The van der Waals surface area contributed by atoms with Gasteiger partial charge in [0.1, 0.15) is 0 Å². The fourth-order valence-electron chi connectivity index (χ4n) is 4.60. The topological polar surface area (TPSA) is 6.48 Å². The zero-order valence-corrected chi connectivity index (χ0v) is 15.0. The average Bonchev–Trinajstić information content (AvgIpc) is 2.44. The molecule has 0 spiro atoms. The van der Waals surface area contributed by atoms with Gasteiger partial charge in [-0.15, -0.1) is 0 Å². The Bertz CT molecular complexity index is 243. The lowest BCUT2D eigenvalue weighted by Gasteiger charge is -2.40. The van der Waals surface area contributed by atoms with E-state index in [-0.39, 0.29) is 0 Å². The quantitative estimate of drug-likeness (QED) is 0.656. The van der Waals surface area contributed by atoms with Gasteiger partial charge < -0.3 is 0 Å². The summed E-state index contributed by atoms with van der Waals surface area (Å²) in [5.41, 5.74) is 0. The van der Waals surface area contributed by atoms with Crippen molar-refractivity contribution in [1.29, 1.82) is 0 Å². The number of hydrogen-bond donors (Lipinski definition) is 0. The Kier molecular flexibility index (Phi) is 7.01. The highest BCUT2D eigenvalue weighted by Crippen LogP contribution is 2.24. The second-order valence-corrected chi connectivity index (χ2v) is 7.79. The van der Waals surface area contributed by atoms with Crippen molar-refractivity contribution in [1.82, 2.24) is 9.80 Å². The molecule has 0 N–H and O–H groups in total. The molecule has 0 aliphatic carbocycles. The Hall–Kier alpha value is -0.0800. The number of unbranched alkanes of at least 4 members (excludes halogenated alkanes) is 2. The van der Waals surface area contributed by atoms with E-state index in [1.54, 1.807) is 0 Å². The number of likely N-dealkylation sites (tertiary alicyclic amines) is 2. The Morgan fingerprint density at radius 3 is 1.24 bits per heavy atom. The second kappa shape index (κ2) is 8.53. The van der Waals surface area contributed by atoms with Crippen molar-refractivity contribution in [2.75, 3.05) is 13.1 Å². The van der Waals surface area contributed by atoms with Crippen LogP contribution in [-0.4, -0.2) is 47.1 Å². The van der Waals surface area contributed by atoms with Gasteiger partial charge in [0, 0.05) is 24.2 Å². The van der Waals surface area contributed by atoms with Crippen LogP contribution in [-0.2, 0) is 0 Å². The van der Waals surface area contributed by atoms with Crippen LogP contribution in [0.15, 0.2) is 0 Å². The zero-order chi connectivity index (χ0) is 15.2. The first-order valence-corrected chi connectivity index (χ1v) is 9.61. The van der Waals surface area contributed by atoms with Gasteiger partial charge in [0.2, 0.25) is 0 Å². The maximum atomic E-state index is 2.76. The summed E-state index contributed by atoms with van der Waals surface area (Å²) < 4.78 is 0. The van der Waals surface area contributed by atoms with Gasteiger partial charge in [0.15, 0.2) is 0 Å². The van der Waals surface area contributed by atoms with E-state index in [0.717, 1.165) is 24.2 Å². The molecule has 2 rings (SSSR count). The molecule has 0 bridgehead atoms. The molecule has 0 amide bonds. The van der Waals surface area contributed by atoms with Gasteiger partial charge in [-0.05, 0) is 79.3 Å². The predicted molar refractivity (Wildman–Crippen MR) is 92.8 cm³/mol. The minimum Gasteiger partial charge on any atom is -0.298 e. The van der Waals surface area contributed by atoms with Crippen LogP contribution in [0, 0.1) is 0 Å². The highest BCUT2D eigenvalue weighted by Gasteiger charge is 2.25. The highest BCUT2D eigenvalue weighted by molar-refractivity contribution is 4.80. The first-order valence-electron chi connectivity index (χ1n) is 9.61. The molecule has 2 saturated heterocycles. The molecule has 2 aliphatic rings. The van der Waals surface area contributed by atoms with Crippen LogP contribution in [0.25, 0.3) is 0 Å². The lowest BCUT2D eigenvalue weighted by Crippen LogP contribution is -2.44. The highest BCUT2D eigenvalue weighted by atomic mass is 15.2. The third-order valence-electron chi connectivity index (χ3n) is 6.08. The Morgan fingerprint density at radius 2 is 0.905 bits per heavy atom. The summed E-state index contributed by atoms with van der Waals surface area (Å²) in [5, 5.41) is 0. The maximum absolute atomic E-state index is 2.76. The number of rotatable bonds is 6. The first kappa shape index (κ1) is 17.3. The Labute approximate surface area is 133 Å². The lowest BCUT2D eigenvalue weighted by molar-refractivity contribution is 0.0925. The Balaban J connectivity index is 1.61. The average molecular weight is 295 g/mol. The molecule has 0 aromatic heterocycles. The molecule has 21 heavy (non-hydrogen) atoms. The molecule has 2 heterocycles. The lowest BCUT2D eigenvalue weighted by atomic mass is 9.96. The second-order valence-electron chi connectivity index (χ2n) is 7.79. The smallest absolute Gasteiger partial charge is 0.00697 e. The van der Waals surface area contributed by atoms with Crippen LogP contribution in [0.3, 0.4) is 0 Å². The summed E-state index contributed by atoms with van der Waals surface area (Å²) in [6.07, 6.45) is 12.7. The van der Waals surface area contributed by atoms with E-state index in [9.17, 15) is 0 Å². The van der Waals surface area contributed by atoms with Crippen molar-refractivity contribution >= 4 is 0 Å². The summed E-state index contributed by atoms with van der Waals surface area (Å²) in [4.78, 5) is 5.52. The van der Waals surface area contributed by atoms with Gasteiger partial charge in [-0.3, -0.25) is 9.80 Å². The summed E-state index contributed by atoms with van der Waals surface area (Å²) >= 11 is 0. The molecule has 2 aliphatic heterocycles. The predicted octanol–water partition coefficient (Wildman–Crippen LogP) is 4.68. The van der Waals surface area contributed by atoms with Gasteiger partial charge in [0.25, 0.3) is 0 Å². The van der Waals surface area contributed by atoms with E-state index in [2.05, 4.69) is 37.5 Å². The third-order valence-corrected chi connectivity index (χ3v) is 6.08. The molecular weight excluding hydrogens is 256 g/mol. The van der Waals surface area contributed by atoms with Crippen molar-refractivity contribution in [2.45, 2.75) is 110 Å². The van der Waals surface area contributed by atoms with Crippen LogP contribution >= 0.6 is 0 Å². The van der Waals surface area contributed by atoms with Crippen LogP contribution in [0.2, 0.25) is 0 Å². The van der Waals surface area contributed by atoms with Crippen molar-refractivity contribution in [2.24, 2.45) is 0 Å². The van der Waals surface area contributed by atoms with Crippen molar-refractivity contribution in [3.05, 3.63) is 0 Å². The fraction of sp³-hybridized carbons (Fsp3) is 1.00. The molecule has 4 atom stereocenters. The van der Waals surface area contributed by atoms with Gasteiger partial charge in [-0.2, -0.15) is 0 Å². The van der Waals surface area contributed by atoms with Crippen molar-refractivity contribution < 1.29 is 0 Å². The van der Waals surface area contributed by atoms with E-state index in [4.69, 9.17) is 0 Å². The van der Waals surface area contributed by atoms with Crippen LogP contribution in [0.5, 0.6) is 0 Å². The van der Waals surface area contributed by atoms with Crippen LogP contribution in [0.4, 0.5) is 0 Å². The van der Waals surface area contributed by atoms with E-state index in [1.807, 2.05) is 0 Å². The molecule has 0 radical (unpaired) electrons. The normalized spacial score (nSPS) is 36.0. The number of nitrogens with zero attached hydrogens (tertiary/aromatic N) is 2. The molecular formula is C19H38N2. The SMILES string of the molecule is CC1CCCC(C)N1CCCCCN1C(C)CCCC1C. The standard InChI is InChI=1S/C19H38N2/c1-16-10-8-11-17(2)20(16)14-6-5-7-15-21-18(3)12-9-13-19(21)4/h16-19H,5-15H2,1-4H3. The van der Waals surface area contributed by atoms with Crippen molar-refractivity contribution in [3.63, 3.8) is 0 Å². The monoisotopic (exact) mass is 294 g/mol. The third kappa shape index (κ3) is 4.96. The molecule has 4 unspecified atom stereocenters. The van der Waals surface area contributed by atoms with Crippen molar-refractivity contribution in [3.8, 4) is 0 Å². The molecule has 124 valence electrons. The van der Waals surface area contributed by atoms with Gasteiger partial charge in [0.05, 0.1) is 0 Å². The van der Waals surface area contributed by atoms with Gasteiger partial charge in [-0.25, -0.2) is 0 Å². The van der Waals surface area contributed by atoms with Gasteiger partial charge >= 0.3 is 0 Å². The van der Waals surface area contributed by atoms with Gasteiger partial charge in [-0.1, -0.05) is 19.3 Å². The fourth-order valence-corrected chi connectivity index (χ4v) is 4.60. The molecule has 2 nitrogen and oxygen atoms in total. The minimum atomic E-state index is 0.816. The summed E-state index contributed by atoms with van der Waals surface area (Å²) in [7, 11) is 0. The molecule has 2 fully saturated rings.